The number of rotatable bonds is 3. The summed E-state index contributed by atoms with van der Waals surface area (Å²) in [6.07, 6.45) is 0.698. The van der Waals surface area contributed by atoms with E-state index >= 15 is 0 Å². The summed E-state index contributed by atoms with van der Waals surface area (Å²) in [5.41, 5.74) is 1.42. The normalized spacial score (nSPS) is 15.1. The molecule has 0 radical (unpaired) electrons. The molecule has 4 rings (SSSR count). The number of aromatic nitrogens is 4. The molecular weight excluding hydrogens is 309 g/mol. The van der Waals surface area contributed by atoms with Crippen molar-refractivity contribution >= 4 is 5.65 Å². The monoisotopic (exact) mass is 320 g/mol. The van der Waals surface area contributed by atoms with Crippen LogP contribution < -0.4 is 4.74 Å². The molecule has 0 spiro atoms. The third-order valence-corrected chi connectivity index (χ3v) is 3.54. The molecule has 118 valence electrons. The van der Waals surface area contributed by atoms with Gasteiger partial charge in [-0.15, -0.1) is 10.2 Å². The van der Waals surface area contributed by atoms with E-state index in [1.54, 1.807) is 24.4 Å². The predicted molar refractivity (Wildman–Crippen MR) is 74.9 cm³/mol. The first kappa shape index (κ1) is 14.0. The summed E-state index contributed by atoms with van der Waals surface area (Å²) < 4.78 is 45.2. The lowest BCUT2D eigenvalue weighted by molar-refractivity contribution is -0.145. The van der Waals surface area contributed by atoms with Crippen LogP contribution in [0.15, 0.2) is 36.7 Å². The average Bonchev–Trinajstić information content (AvgIpc) is 3.22. The molecule has 8 heteroatoms. The van der Waals surface area contributed by atoms with E-state index < -0.39 is 12.0 Å². The van der Waals surface area contributed by atoms with E-state index in [2.05, 4.69) is 15.2 Å². The van der Waals surface area contributed by atoms with Crippen LogP contribution in [0.4, 0.5) is 13.2 Å². The zero-order valence-electron chi connectivity index (χ0n) is 11.8. The van der Waals surface area contributed by atoms with Crippen molar-refractivity contribution < 1.29 is 17.9 Å². The van der Waals surface area contributed by atoms with Crippen LogP contribution in [-0.2, 0) is 6.18 Å². The highest BCUT2D eigenvalue weighted by Gasteiger charge is 2.36. The SMILES string of the molecule is FC(F)(F)c1nnc2ccc(-c3ccc(OC4CC4)nc3)cn12. The van der Waals surface area contributed by atoms with Crippen molar-refractivity contribution in [2.75, 3.05) is 0 Å². The number of fused-ring (bicyclic) bond motifs is 1. The maximum Gasteiger partial charge on any atom is 0.452 e. The van der Waals surface area contributed by atoms with E-state index in [4.69, 9.17) is 4.74 Å². The van der Waals surface area contributed by atoms with Gasteiger partial charge in [-0.05, 0) is 31.0 Å². The molecule has 0 bridgehead atoms. The van der Waals surface area contributed by atoms with E-state index in [1.807, 2.05) is 0 Å². The van der Waals surface area contributed by atoms with Gasteiger partial charge in [-0.3, -0.25) is 4.40 Å². The Balaban J connectivity index is 1.70. The van der Waals surface area contributed by atoms with E-state index in [9.17, 15) is 13.2 Å². The Morgan fingerprint density at radius 2 is 1.83 bits per heavy atom. The minimum Gasteiger partial charge on any atom is -0.474 e. The topological polar surface area (TPSA) is 52.3 Å². The molecule has 1 aliphatic carbocycles. The highest BCUT2D eigenvalue weighted by Crippen LogP contribution is 2.30. The van der Waals surface area contributed by atoms with Crippen molar-refractivity contribution in [1.29, 1.82) is 0 Å². The molecule has 3 aromatic heterocycles. The van der Waals surface area contributed by atoms with Crippen LogP contribution in [0.25, 0.3) is 16.8 Å². The van der Waals surface area contributed by atoms with Crippen molar-refractivity contribution in [3.8, 4) is 17.0 Å². The molecule has 23 heavy (non-hydrogen) atoms. The van der Waals surface area contributed by atoms with Gasteiger partial charge in [-0.2, -0.15) is 13.2 Å². The number of hydrogen-bond donors (Lipinski definition) is 0. The lowest BCUT2D eigenvalue weighted by atomic mass is 10.1. The number of ether oxygens (including phenoxy) is 1. The summed E-state index contributed by atoms with van der Waals surface area (Å²) in [6.45, 7) is 0. The van der Waals surface area contributed by atoms with Crippen molar-refractivity contribution in [3.05, 3.63) is 42.5 Å². The summed E-state index contributed by atoms with van der Waals surface area (Å²) in [5.74, 6) is -0.520. The first-order valence-corrected chi connectivity index (χ1v) is 7.06. The van der Waals surface area contributed by atoms with Gasteiger partial charge < -0.3 is 4.74 Å². The fourth-order valence-corrected chi connectivity index (χ4v) is 2.23. The van der Waals surface area contributed by atoms with Gasteiger partial charge in [0.1, 0.15) is 6.10 Å². The van der Waals surface area contributed by atoms with Gasteiger partial charge in [0.15, 0.2) is 5.65 Å². The highest BCUT2D eigenvalue weighted by molar-refractivity contribution is 5.64. The first-order valence-electron chi connectivity index (χ1n) is 7.06. The maximum absolute atomic E-state index is 12.9. The third kappa shape index (κ3) is 2.71. The molecular formula is C15H11F3N4O. The van der Waals surface area contributed by atoms with Crippen LogP contribution in [0, 0.1) is 0 Å². The summed E-state index contributed by atoms with van der Waals surface area (Å²) in [6, 6.07) is 6.66. The van der Waals surface area contributed by atoms with Gasteiger partial charge in [-0.1, -0.05) is 0 Å². The molecule has 0 aromatic carbocycles. The molecule has 0 amide bonds. The largest absolute Gasteiger partial charge is 0.474 e. The van der Waals surface area contributed by atoms with Gasteiger partial charge in [0, 0.05) is 29.6 Å². The molecule has 0 aliphatic heterocycles. The van der Waals surface area contributed by atoms with Crippen LogP contribution in [-0.4, -0.2) is 25.7 Å². The zero-order chi connectivity index (χ0) is 16.0. The lowest BCUT2D eigenvalue weighted by Crippen LogP contribution is -2.10. The third-order valence-electron chi connectivity index (χ3n) is 3.54. The molecule has 5 nitrogen and oxygen atoms in total. The number of hydrogen-bond acceptors (Lipinski definition) is 4. The summed E-state index contributed by atoms with van der Waals surface area (Å²) in [7, 11) is 0. The van der Waals surface area contributed by atoms with Gasteiger partial charge in [-0.25, -0.2) is 4.98 Å². The number of alkyl halides is 3. The lowest BCUT2D eigenvalue weighted by Gasteiger charge is -2.07. The fraction of sp³-hybridized carbons (Fsp3) is 0.267. The van der Waals surface area contributed by atoms with Crippen molar-refractivity contribution in [2.45, 2.75) is 25.1 Å². The molecule has 0 N–H and O–H groups in total. The molecule has 0 atom stereocenters. The molecule has 3 aromatic rings. The zero-order valence-corrected chi connectivity index (χ0v) is 11.8. The highest BCUT2D eigenvalue weighted by atomic mass is 19.4. The standard InChI is InChI=1S/C15H11F3N4O/c16-15(17,18)14-21-20-12-5-1-10(8-22(12)14)9-2-6-13(19-7-9)23-11-3-4-11/h1-2,5-8,11H,3-4H2. The quantitative estimate of drug-likeness (QED) is 0.742. The minimum absolute atomic E-state index is 0.141. The second-order valence-electron chi connectivity index (χ2n) is 5.37. The van der Waals surface area contributed by atoms with Crippen molar-refractivity contribution in [1.82, 2.24) is 19.6 Å². The second-order valence-corrected chi connectivity index (χ2v) is 5.37. The van der Waals surface area contributed by atoms with Crippen LogP contribution in [0.3, 0.4) is 0 Å². The van der Waals surface area contributed by atoms with Crippen LogP contribution in [0.1, 0.15) is 18.7 Å². The van der Waals surface area contributed by atoms with E-state index in [1.165, 1.54) is 12.3 Å². The van der Waals surface area contributed by atoms with Crippen LogP contribution in [0.5, 0.6) is 5.88 Å². The minimum atomic E-state index is -4.56. The maximum atomic E-state index is 12.9. The van der Waals surface area contributed by atoms with E-state index in [0.717, 1.165) is 17.2 Å². The fourth-order valence-electron chi connectivity index (χ4n) is 2.23. The number of halogens is 3. The smallest absolute Gasteiger partial charge is 0.452 e. The van der Waals surface area contributed by atoms with Crippen LogP contribution in [0.2, 0.25) is 0 Å². The van der Waals surface area contributed by atoms with E-state index in [-0.39, 0.29) is 11.8 Å². The summed E-state index contributed by atoms with van der Waals surface area (Å²) >= 11 is 0. The molecule has 0 unspecified atom stereocenters. The van der Waals surface area contributed by atoms with Gasteiger partial charge in [0.25, 0.3) is 0 Å². The molecule has 0 saturated heterocycles. The Kier molecular flexibility index (Phi) is 3.00. The van der Waals surface area contributed by atoms with Gasteiger partial charge >= 0.3 is 6.18 Å². The van der Waals surface area contributed by atoms with Crippen molar-refractivity contribution in [2.24, 2.45) is 0 Å². The molecule has 1 saturated carbocycles. The average molecular weight is 320 g/mol. The predicted octanol–water partition coefficient (Wildman–Crippen LogP) is 3.35. The Bertz CT molecular complexity index is 853. The number of pyridine rings is 2. The molecule has 3 heterocycles. The van der Waals surface area contributed by atoms with Gasteiger partial charge in [0.05, 0.1) is 0 Å². The summed E-state index contributed by atoms with van der Waals surface area (Å²) in [4.78, 5) is 4.19. The first-order chi connectivity index (χ1) is 11.0. The van der Waals surface area contributed by atoms with Crippen molar-refractivity contribution in [3.63, 3.8) is 0 Å². The number of nitrogens with zero attached hydrogens (tertiary/aromatic N) is 4. The summed E-state index contributed by atoms with van der Waals surface area (Å²) in [5, 5.41) is 6.74. The Labute approximate surface area is 128 Å². The Morgan fingerprint density at radius 3 is 2.48 bits per heavy atom. The molecule has 1 fully saturated rings. The van der Waals surface area contributed by atoms with E-state index in [0.29, 0.717) is 17.0 Å². The Hall–Kier alpha value is -2.64. The Morgan fingerprint density at radius 1 is 1.04 bits per heavy atom. The van der Waals surface area contributed by atoms with Gasteiger partial charge in [0.2, 0.25) is 11.7 Å². The van der Waals surface area contributed by atoms with Crippen LogP contribution >= 0.6 is 0 Å². The molecule has 1 aliphatic rings. The second kappa shape index (κ2) is 4.94.